The number of rotatable bonds is 3. The lowest BCUT2D eigenvalue weighted by atomic mass is 9.75. The summed E-state index contributed by atoms with van der Waals surface area (Å²) in [6.07, 6.45) is 5.61. The van der Waals surface area contributed by atoms with Crippen LogP contribution in [0.1, 0.15) is 50.0 Å². The highest BCUT2D eigenvalue weighted by atomic mass is 16.4. The number of urea groups is 1. The van der Waals surface area contributed by atoms with Gasteiger partial charge in [-0.25, -0.2) is 14.6 Å². The largest absolute Gasteiger partial charge is 0.477 e. The van der Waals surface area contributed by atoms with E-state index in [1.807, 2.05) is 0 Å². The molecule has 0 spiro atoms. The molecule has 6 nitrogen and oxygen atoms in total. The molecule has 21 heavy (non-hydrogen) atoms. The van der Waals surface area contributed by atoms with Crippen molar-refractivity contribution >= 4 is 17.7 Å². The second-order valence-corrected chi connectivity index (χ2v) is 6.29. The number of nitrogens with zero attached hydrogens (tertiary/aromatic N) is 1. The molecule has 1 saturated carbocycles. The van der Waals surface area contributed by atoms with Gasteiger partial charge in [0.2, 0.25) is 0 Å². The fourth-order valence-corrected chi connectivity index (χ4v) is 2.77. The molecule has 0 aromatic carbocycles. The first-order valence-corrected chi connectivity index (χ1v) is 7.13. The van der Waals surface area contributed by atoms with E-state index >= 15 is 0 Å². The number of carboxylic acid groups (broad SMARTS) is 1. The number of aromatic nitrogens is 1. The molecule has 0 saturated heterocycles. The molecule has 1 fully saturated rings. The van der Waals surface area contributed by atoms with Gasteiger partial charge < -0.3 is 15.7 Å². The van der Waals surface area contributed by atoms with Crippen molar-refractivity contribution in [1.29, 1.82) is 0 Å². The van der Waals surface area contributed by atoms with Crippen molar-refractivity contribution < 1.29 is 14.7 Å². The summed E-state index contributed by atoms with van der Waals surface area (Å²) in [6.45, 7) is 4.43. The highest BCUT2D eigenvalue weighted by Gasteiger charge is 2.28. The molecule has 0 bridgehead atoms. The minimum atomic E-state index is -1.09. The lowest BCUT2D eigenvalue weighted by molar-refractivity contribution is 0.0690. The van der Waals surface area contributed by atoms with E-state index in [9.17, 15) is 9.59 Å². The lowest BCUT2D eigenvalue weighted by Gasteiger charge is -2.35. The summed E-state index contributed by atoms with van der Waals surface area (Å²) < 4.78 is 0. The van der Waals surface area contributed by atoms with Crippen LogP contribution in [0.3, 0.4) is 0 Å². The third-order valence-corrected chi connectivity index (χ3v) is 3.78. The van der Waals surface area contributed by atoms with Crippen LogP contribution in [0.2, 0.25) is 0 Å². The van der Waals surface area contributed by atoms with E-state index in [0.29, 0.717) is 5.69 Å². The molecule has 0 aliphatic heterocycles. The first-order chi connectivity index (χ1) is 9.85. The van der Waals surface area contributed by atoms with Gasteiger partial charge in [0.25, 0.3) is 0 Å². The van der Waals surface area contributed by atoms with Gasteiger partial charge in [0.1, 0.15) is 5.69 Å². The maximum Gasteiger partial charge on any atom is 0.354 e. The fraction of sp³-hybridized carbons (Fsp3) is 0.533. The molecule has 1 aromatic rings. The lowest BCUT2D eigenvalue weighted by Crippen LogP contribution is -2.42. The Bertz CT molecular complexity index is 525. The van der Waals surface area contributed by atoms with Crippen molar-refractivity contribution in [2.75, 3.05) is 5.32 Å². The molecule has 6 heteroatoms. The predicted octanol–water partition coefficient (Wildman–Crippen LogP) is 2.87. The predicted molar refractivity (Wildman–Crippen MR) is 79.4 cm³/mol. The van der Waals surface area contributed by atoms with Gasteiger partial charge in [-0.2, -0.15) is 0 Å². The van der Waals surface area contributed by atoms with Crippen molar-refractivity contribution in [2.45, 2.75) is 45.6 Å². The summed E-state index contributed by atoms with van der Waals surface area (Å²) in [6, 6.07) is 2.80. The quantitative estimate of drug-likeness (QED) is 0.798. The van der Waals surface area contributed by atoms with Crippen molar-refractivity contribution in [3.05, 3.63) is 24.0 Å². The molecule has 2 amide bonds. The van der Waals surface area contributed by atoms with Gasteiger partial charge >= 0.3 is 12.0 Å². The topological polar surface area (TPSA) is 91.3 Å². The summed E-state index contributed by atoms with van der Waals surface area (Å²) in [7, 11) is 0. The van der Waals surface area contributed by atoms with Crippen LogP contribution in [0.4, 0.5) is 10.5 Å². The molecule has 3 N–H and O–H groups in total. The van der Waals surface area contributed by atoms with Gasteiger partial charge in [0.05, 0.1) is 11.9 Å². The Morgan fingerprint density at radius 1 is 1.38 bits per heavy atom. The van der Waals surface area contributed by atoms with E-state index in [4.69, 9.17) is 5.11 Å². The molecule has 1 heterocycles. The Kier molecular flexibility index (Phi) is 4.45. The Hall–Kier alpha value is -2.11. The number of carbonyl (C=O) groups is 2. The van der Waals surface area contributed by atoms with E-state index in [-0.39, 0.29) is 23.2 Å². The van der Waals surface area contributed by atoms with Crippen LogP contribution >= 0.6 is 0 Å². The second-order valence-electron chi connectivity index (χ2n) is 6.29. The van der Waals surface area contributed by atoms with Gasteiger partial charge in [-0.3, -0.25) is 0 Å². The third kappa shape index (κ3) is 4.44. The average Bonchev–Trinajstić information content (AvgIpc) is 2.37. The van der Waals surface area contributed by atoms with Crippen LogP contribution in [0.5, 0.6) is 0 Å². The van der Waals surface area contributed by atoms with Crippen molar-refractivity contribution in [2.24, 2.45) is 5.41 Å². The normalized spacial score (nSPS) is 20.6. The number of pyridine rings is 1. The highest BCUT2D eigenvalue weighted by Crippen LogP contribution is 2.35. The monoisotopic (exact) mass is 291 g/mol. The Morgan fingerprint density at radius 2 is 2.14 bits per heavy atom. The molecular formula is C15H21N3O3. The number of nitrogens with one attached hydrogen (secondary N) is 2. The molecule has 1 aromatic heterocycles. The van der Waals surface area contributed by atoms with Gasteiger partial charge in [-0.15, -0.1) is 0 Å². The zero-order valence-electron chi connectivity index (χ0n) is 12.3. The van der Waals surface area contributed by atoms with Crippen LogP contribution in [-0.4, -0.2) is 28.1 Å². The van der Waals surface area contributed by atoms with Gasteiger partial charge in [-0.05, 0) is 36.8 Å². The standard InChI is InChI=1S/C15H21N3O3/c1-15(2)7-3-4-10(8-15)17-14(21)18-11-5-6-12(13(19)20)16-9-11/h5-6,9-10H,3-4,7-8H2,1-2H3,(H,19,20)(H2,17,18,21). The minimum Gasteiger partial charge on any atom is -0.477 e. The molecule has 1 atom stereocenters. The molecule has 2 rings (SSSR count). The van der Waals surface area contributed by atoms with Crippen LogP contribution < -0.4 is 10.6 Å². The van der Waals surface area contributed by atoms with E-state index in [0.717, 1.165) is 19.3 Å². The SMILES string of the molecule is CC1(C)CCCC(NC(=O)Nc2ccc(C(=O)O)nc2)C1. The first kappa shape index (κ1) is 15.3. The van der Waals surface area contributed by atoms with Gasteiger partial charge in [0.15, 0.2) is 0 Å². The number of hydrogen-bond donors (Lipinski definition) is 3. The number of aromatic carboxylic acids is 1. The van der Waals surface area contributed by atoms with E-state index in [1.165, 1.54) is 24.8 Å². The molecule has 1 unspecified atom stereocenters. The number of carboxylic acids is 1. The summed E-state index contributed by atoms with van der Waals surface area (Å²) >= 11 is 0. The zero-order chi connectivity index (χ0) is 15.5. The first-order valence-electron chi connectivity index (χ1n) is 7.13. The van der Waals surface area contributed by atoms with E-state index < -0.39 is 5.97 Å². The number of hydrogen-bond acceptors (Lipinski definition) is 3. The highest BCUT2D eigenvalue weighted by molar-refractivity contribution is 5.90. The van der Waals surface area contributed by atoms with Crippen LogP contribution in [0.15, 0.2) is 18.3 Å². The molecule has 1 aliphatic carbocycles. The summed E-state index contributed by atoms with van der Waals surface area (Å²) in [5.41, 5.74) is 0.698. The molecule has 114 valence electrons. The summed E-state index contributed by atoms with van der Waals surface area (Å²) in [4.78, 5) is 26.4. The summed E-state index contributed by atoms with van der Waals surface area (Å²) in [5, 5.41) is 14.4. The van der Waals surface area contributed by atoms with E-state index in [1.54, 1.807) is 0 Å². The number of carbonyl (C=O) groups excluding carboxylic acids is 1. The van der Waals surface area contributed by atoms with Gasteiger partial charge in [0, 0.05) is 6.04 Å². The maximum atomic E-state index is 11.9. The molecular weight excluding hydrogens is 270 g/mol. The van der Waals surface area contributed by atoms with Crippen LogP contribution in [0, 0.1) is 5.41 Å². The third-order valence-electron chi connectivity index (χ3n) is 3.78. The van der Waals surface area contributed by atoms with Crippen LogP contribution in [-0.2, 0) is 0 Å². The Labute approximate surface area is 124 Å². The van der Waals surface area contributed by atoms with Crippen molar-refractivity contribution in [3.63, 3.8) is 0 Å². The number of anilines is 1. The van der Waals surface area contributed by atoms with Crippen molar-refractivity contribution in [1.82, 2.24) is 10.3 Å². The van der Waals surface area contributed by atoms with Crippen LogP contribution in [0.25, 0.3) is 0 Å². The Morgan fingerprint density at radius 3 is 2.71 bits per heavy atom. The average molecular weight is 291 g/mol. The number of amides is 2. The second kappa shape index (κ2) is 6.11. The molecule has 0 radical (unpaired) electrons. The summed E-state index contributed by atoms with van der Waals surface area (Å²) in [5.74, 6) is -1.09. The minimum absolute atomic E-state index is 0.0463. The maximum absolute atomic E-state index is 11.9. The Balaban J connectivity index is 1.88. The smallest absolute Gasteiger partial charge is 0.354 e. The zero-order valence-corrected chi connectivity index (χ0v) is 12.3. The fourth-order valence-electron chi connectivity index (χ4n) is 2.77. The van der Waals surface area contributed by atoms with Gasteiger partial charge in [-0.1, -0.05) is 20.3 Å². The molecule has 1 aliphatic rings. The van der Waals surface area contributed by atoms with Crippen molar-refractivity contribution in [3.8, 4) is 0 Å². The van der Waals surface area contributed by atoms with E-state index in [2.05, 4.69) is 29.5 Å².